The third kappa shape index (κ3) is 5.20. The normalized spacial score (nSPS) is 20.3. The Hall–Kier alpha value is -2.30. The van der Waals surface area contributed by atoms with Crippen LogP contribution < -0.4 is 0 Å². The molecule has 0 N–H and O–H groups in total. The molecule has 1 fully saturated rings. The van der Waals surface area contributed by atoms with Gasteiger partial charge in [-0.2, -0.15) is 0 Å². The minimum Gasteiger partial charge on any atom is -0.467 e. The van der Waals surface area contributed by atoms with Gasteiger partial charge in [0.25, 0.3) is 6.47 Å². The van der Waals surface area contributed by atoms with Gasteiger partial charge in [-0.15, -0.1) is 0 Å². The summed E-state index contributed by atoms with van der Waals surface area (Å²) in [5, 5.41) is 0. The van der Waals surface area contributed by atoms with Crippen molar-refractivity contribution in [2.45, 2.75) is 57.3 Å². The minimum atomic E-state index is -1.01. The second-order valence-electron chi connectivity index (χ2n) is 7.94. The molecule has 156 valence electrons. The van der Waals surface area contributed by atoms with Crippen LogP contribution in [-0.2, 0) is 9.53 Å². The summed E-state index contributed by atoms with van der Waals surface area (Å²) in [6.45, 7) is 2.33. The zero-order valence-corrected chi connectivity index (χ0v) is 16.7. The summed E-state index contributed by atoms with van der Waals surface area (Å²) >= 11 is 0. The summed E-state index contributed by atoms with van der Waals surface area (Å²) in [7, 11) is 0. The largest absolute Gasteiger partial charge is 0.467 e. The van der Waals surface area contributed by atoms with Gasteiger partial charge in [-0.3, -0.25) is 4.79 Å². The van der Waals surface area contributed by atoms with Gasteiger partial charge in [0.1, 0.15) is 12.4 Å². The third-order valence-electron chi connectivity index (χ3n) is 6.09. The average Bonchev–Trinajstić information content (AvgIpc) is 2.72. The summed E-state index contributed by atoms with van der Waals surface area (Å²) in [4.78, 5) is 10.7. The van der Waals surface area contributed by atoms with Crippen LogP contribution in [0.3, 0.4) is 0 Å². The molecule has 3 rings (SSSR count). The van der Waals surface area contributed by atoms with Gasteiger partial charge in [-0.1, -0.05) is 38.0 Å². The molecule has 2 aromatic rings. The van der Waals surface area contributed by atoms with Crippen molar-refractivity contribution in [1.29, 1.82) is 0 Å². The van der Waals surface area contributed by atoms with Crippen LogP contribution in [0, 0.1) is 23.4 Å². The summed E-state index contributed by atoms with van der Waals surface area (Å²) in [5.41, 5.74) is 1.64. The van der Waals surface area contributed by atoms with Gasteiger partial charge in [-0.25, -0.2) is 13.2 Å². The SMILES string of the molecule is CCCC1CCC(c2ccc(C(COC=O)c3ccc(F)c(F)c3)c(F)c2)CC1. The van der Waals surface area contributed by atoms with E-state index in [2.05, 4.69) is 6.92 Å². The number of carbonyl (C=O) groups excluding carboxylic acids is 1. The first-order chi connectivity index (χ1) is 14.0. The standard InChI is InChI=1S/C24H27F3O2/c1-2-3-16-4-6-17(7-5-16)18-8-10-20(23(26)12-18)21(14-29-15-28)19-9-11-22(25)24(27)13-19/h8-13,15-17,21H,2-7,14H2,1H3. The van der Waals surface area contributed by atoms with Crippen molar-refractivity contribution in [2.75, 3.05) is 6.61 Å². The van der Waals surface area contributed by atoms with Crippen molar-refractivity contribution >= 4 is 6.47 Å². The monoisotopic (exact) mass is 404 g/mol. The van der Waals surface area contributed by atoms with Crippen LogP contribution in [0.25, 0.3) is 0 Å². The first-order valence-corrected chi connectivity index (χ1v) is 10.3. The van der Waals surface area contributed by atoms with Crippen molar-refractivity contribution in [3.05, 3.63) is 70.5 Å². The maximum Gasteiger partial charge on any atom is 0.293 e. The molecule has 1 saturated carbocycles. The molecule has 1 aliphatic carbocycles. The predicted octanol–water partition coefficient (Wildman–Crippen LogP) is 6.48. The first kappa shape index (κ1) is 21.4. The maximum atomic E-state index is 15.0. The van der Waals surface area contributed by atoms with Gasteiger partial charge in [0.05, 0.1) is 0 Å². The highest BCUT2D eigenvalue weighted by Gasteiger charge is 2.25. The quantitative estimate of drug-likeness (QED) is 0.471. The Balaban J connectivity index is 1.82. The van der Waals surface area contributed by atoms with E-state index in [1.807, 2.05) is 6.07 Å². The number of benzene rings is 2. The van der Waals surface area contributed by atoms with E-state index in [0.29, 0.717) is 17.0 Å². The first-order valence-electron chi connectivity index (χ1n) is 10.3. The van der Waals surface area contributed by atoms with Crippen molar-refractivity contribution in [3.8, 4) is 0 Å². The Bertz CT molecular complexity index is 829. The van der Waals surface area contributed by atoms with E-state index >= 15 is 4.39 Å². The summed E-state index contributed by atoms with van der Waals surface area (Å²) in [6, 6.07) is 8.56. The summed E-state index contributed by atoms with van der Waals surface area (Å²) in [6.07, 6.45) is 6.92. The van der Waals surface area contributed by atoms with Crippen LogP contribution >= 0.6 is 0 Å². The Morgan fingerprint density at radius 2 is 1.76 bits per heavy atom. The number of carbonyl (C=O) groups is 1. The van der Waals surface area contributed by atoms with E-state index < -0.39 is 23.4 Å². The fraction of sp³-hybridized carbons (Fsp3) is 0.458. The zero-order valence-electron chi connectivity index (χ0n) is 16.7. The molecule has 0 spiro atoms. The van der Waals surface area contributed by atoms with Crippen molar-refractivity contribution in [3.63, 3.8) is 0 Å². The number of hydrogen-bond acceptors (Lipinski definition) is 2. The molecule has 0 saturated heterocycles. The Morgan fingerprint density at radius 1 is 1.00 bits per heavy atom. The third-order valence-corrected chi connectivity index (χ3v) is 6.09. The highest BCUT2D eigenvalue weighted by Crippen LogP contribution is 2.38. The molecule has 0 aliphatic heterocycles. The molecule has 0 amide bonds. The highest BCUT2D eigenvalue weighted by atomic mass is 19.2. The fourth-order valence-electron chi connectivity index (χ4n) is 4.50. The lowest BCUT2D eigenvalue weighted by atomic mass is 9.77. The van der Waals surface area contributed by atoms with Crippen LogP contribution in [-0.4, -0.2) is 13.1 Å². The van der Waals surface area contributed by atoms with Crippen LogP contribution in [0.4, 0.5) is 13.2 Å². The smallest absolute Gasteiger partial charge is 0.293 e. The van der Waals surface area contributed by atoms with Crippen LogP contribution in [0.1, 0.15) is 74.0 Å². The molecule has 29 heavy (non-hydrogen) atoms. The van der Waals surface area contributed by atoms with E-state index in [-0.39, 0.29) is 13.1 Å². The zero-order chi connectivity index (χ0) is 20.8. The number of hydrogen-bond donors (Lipinski definition) is 0. The average molecular weight is 404 g/mol. The molecule has 0 radical (unpaired) electrons. The van der Waals surface area contributed by atoms with E-state index in [1.165, 1.54) is 31.7 Å². The molecular weight excluding hydrogens is 377 g/mol. The molecule has 2 aromatic carbocycles. The van der Waals surface area contributed by atoms with Gasteiger partial charge in [0.2, 0.25) is 0 Å². The number of ether oxygens (including phenoxy) is 1. The minimum absolute atomic E-state index is 0.146. The summed E-state index contributed by atoms with van der Waals surface area (Å²) in [5.74, 6) is -1.98. The molecule has 5 heteroatoms. The van der Waals surface area contributed by atoms with Gasteiger partial charge < -0.3 is 4.74 Å². The Kier molecular flexibility index (Phi) is 7.34. The lowest BCUT2D eigenvalue weighted by Gasteiger charge is -2.29. The van der Waals surface area contributed by atoms with Gasteiger partial charge in [0, 0.05) is 5.92 Å². The van der Waals surface area contributed by atoms with Crippen molar-refractivity contribution in [1.82, 2.24) is 0 Å². The molecule has 0 heterocycles. The van der Waals surface area contributed by atoms with E-state index in [1.54, 1.807) is 12.1 Å². The molecule has 1 unspecified atom stereocenters. The Labute approximate surface area is 170 Å². The van der Waals surface area contributed by atoms with E-state index in [9.17, 15) is 13.6 Å². The predicted molar refractivity (Wildman–Crippen MR) is 106 cm³/mol. The molecular formula is C24H27F3O2. The van der Waals surface area contributed by atoms with Crippen LogP contribution in [0.15, 0.2) is 36.4 Å². The topological polar surface area (TPSA) is 26.3 Å². The van der Waals surface area contributed by atoms with E-state index in [4.69, 9.17) is 4.74 Å². The number of rotatable bonds is 8. The second-order valence-corrected chi connectivity index (χ2v) is 7.94. The maximum absolute atomic E-state index is 15.0. The molecule has 1 atom stereocenters. The second kappa shape index (κ2) is 9.95. The lowest BCUT2D eigenvalue weighted by molar-refractivity contribution is -0.128. The van der Waals surface area contributed by atoms with Crippen LogP contribution in [0.5, 0.6) is 0 Å². The van der Waals surface area contributed by atoms with Gasteiger partial charge in [-0.05, 0) is 72.4 Å². The summed E-state index contributed by atoms with van der Waals surface area (Å²) < 4.78 is 46.9. The molecule has 1 aliphatic rings. The van der Waals surface area contributed by atoms with Gasteiger partial charge >= 0.3 is 0 Å². The highest BCUT2D eigenvalue weighted by molar-refractivity contribution is 5.40. The van der Waals surface area contributed by atoms with Crippen molar-refractivity contribution < 1.29 is 22.7 Å². The molecule has 2 nitrogen and oxygen atoms in total. The van der Waals surface area contributed by atoms with Gasteiger partial charge in [0.15, 0.2) is 11.6 Å². The fourth-order valence-corrected chi connectivity index (χ4v) is 4.50. The number of halogens is 3. The van der Waals surface area contributed by atoms with E-state index in [0.717, 1.165) is 36.5 Å². The van der Waals surface area contributed by atoms with Crippen molar-refractivity contribution in [2.24, 2.45) is 5.92 Å². The molecule has 0 aromatic heterocycles. The molecule has 0 bridgehead atoms. The van der Waals surface area contributed by atoms with Crippen LogP contribution in [0.2, 0.25) is 0 Å². The Morgan fingerprint density at radius 3 is 2.38 bits per heavy atom. The lowest BCUT2D eigenvalue weighted by Crippen LogP contribution is -2.15.